The third-order valence-electron chi connectivity index (χ3n) is 4.71. The highest BCUT2D eigenvalue weighted by Gasteiger charge is 2.17. The molecule has 0 aromatic carbocycles. The fraction of sp³-hybridized carbons (Fsp3) is 0.812. The van der Waals surface area contributed by atoms with E-state index in [-0.39, 0.29) is 0 Å². The third-order valence-corrected chi connectivity index (χ3v) is 4.71. The molecule has 0 radical (unpaired) electrons. The van der Waals surface area contributed by atoms with Crippen LogP contribution in [0.2, 0.25) is 0 Å². The van der Waals surface area contributed by atoms with Gasteiger partial charge in [-0.2, -0.15) is 5.10 Å². The van der Waals surface area contributed by atoms with Crippen LogP contribution in [0.1, 0.15) is 49.8 Å². The van der Waals surface area contributed by atoms with Crippen molar-refractivity contribution in [3.63, 3.8) is 0 Å². The molecule has 1 saturated carbocycles. The molecule has 1 aromatic heterocycles. The van der Waals surface area contributed by atoms with Crippen LogP contribution >= 0.6 is 0 Å². The molecule has 4 heteroatoms. The Kier molecular flexibility index (Phi) is 6.05. The van der Waals surface area contributed by atoms with Gasteiger partial charge in [-0.25, -0.2) is 0 Å². The van der Waals surface area contributed by atoms with E-state index >= 15 is 0 Å². The van der Waals surface area contributed by atoms with Crippen molar-refractivity contribution in [2.45, 2.75) is 58.0 Å². The molecule has 1 aliphatic rings. The number of hydrogen-bond acceptors (Lipinski definition) is 3. The standard InChI is InChI=1S/C16H30N4/c1-14-15(13-18-20(14)3)12-17-10-7-11-19(2)16-8-5-4-6-9-16/h13,16-17H,4-12H2,1-3H3. The second-order valence-electron chi connectivity index (χ2n) is 6.18. The first-order valence-corrected chi connectivity index (χ1v) is 8.07. The highest BCUT2D eigenvalue weighted by atomic mass is 15.3. The number of nitrogens with one attached hydrogen (secondary N) is 1. The summed E-state index contributed by atoms with van der Waals surface area (Å²) in [6.07, 6.45) is 10.3. The summed E-state index contributed by atoms with van der Waals surface area (Å²) in [6.45, 7) is 5.36. The zero-order chi connectivity index (χ0) is 14.4. The number of aryl methyl sites for hydroxylation is 1. The summed E-state index contributed by atoms with van der Waals surface area (Å²) in [5.74, 6) is 0. The summed E-state index contributed by atoms with van der Waals surface area (Å²) in [5, 5.41) is 7.81. The normalized spacial score (nSPS) is 17.0. The molecular formula is C16H30N4. The lowest BCUT2D eigenvalue weighted by Gasteiger charge is -2.31. The maximum absolute atomic E-state index is 4.27. The average molecular weight is 278 g/mol. The van der Waals surface area contributed by atoms with E-state index in [0.717, 1.165) is 19.1 Å². The van der Waals surface area contributed by atoms with Gasteiger partial charge >= 0.3 is 0 Å². The Morgan fingerprint density at radius 3 is 2.75 bits per heavy atom. The number of aromatic nitrogens is 2. The van der Waals surface area contributed by atoms with E-state index in [2.05, 4.69) is 29.3 Å². The van der Waals surface area contributed by atoms with Gasteiger partial charge in [-0.1, -0.05) is 19.3 Å². The molecule has 1 N–H and O–H groups in total. The van der Waals surface area contributed by atoms with Gasteiger partial charge in [0.2, 0.25) is 0 Å². The predicted octanol–water partition coefficient (Wildman–Crippen LogP) is 2.47. The monoisotopic (exact) mass is 278 g/mol. The van der Waals surface area contributed by atoms with Crippen LogP contribution in [-0.4, -0.2) is 40.9 Å². The lowest BCUT2D eigenvalue weighted by Crippen LogP contribution is -2.35. The molecule has 1 heterocycles. The predicted molar refractivity (Wildman–Crippen MR) is 83.8 cm³/mol. The van der Waals surface area contributed by atoms with Crippen molar-refractivity contribution in [3.05, 3.63) is 17.5 Å². The van der Waals surface area contributed by atoms with E-state index in [1.165, 1.54) is 56.3 Å². The van der Waals surface area contributed by atoms with Gasteiger partial charge in [-0.3, -0.25) is 4.68 Å². The highest BCUT2D eigenvalue weighted by Crippen LogP contribution is 2.21. The molecule has 2 rings (SSSR count). The highest BCUT2D eigenvalue weighted by molar-refractivity contribution is 5.15. The molecule has 20 heavy (non-hydrogen) atoms. The lowest BCUT2D eigenvalue weighted by molar-refractivity contribution is 0.189. The minimum atomic E-state index is 0.837. The Morgan fingerprint density at radius 1 is 1.35 bits per heavy atom. The van der Waals surface area contributed by atoms with Gasteiger partial charge in [-0.05, 0) is 46.3 Å². The molecule has 0 atom stereocenters. The van der Waals surface area contributed by atoms with E-state index in [1.54, 1.807) is 0 Å². The zero-order valence-electron chi connectivity index (χ0n) is 13.4. The Hall–Kier alpha value is -0.870. The average Bonchev–Trinajstić information content (AvgIpc) is 2.79. The Labute approximate surface area is 123 Å². The van der Waals surface area contributed by atoms with Gasteiger partial charge in [0, 0.05) is 30.9 Å². The molecule has 4 nitrogen and oxygen atoms in total. The summed E-state index contributed by atoms with van der Waals surface area (Å²) in [6, 6.07) is 0.837. The van der Waals surface area contributed by atoms with Crippen LogP contribution in [0.3, 0.4) is 0 Å². The first kappa shape index (κ1) is 15.5. The molecular weight excluding hydrogens is 248 g/mol. The van der Waals surface area contributed by atoms with Crippen LogP contribution < -0.4 is 5.32 Å². The van der Waals surface area contributed by atoms with Crippen molar-refractivity contribution in [2.75, 3.05) is 20.1 Å². The van der Waals surface area contributed by atoms with Crippen LogP contribution in [0.4, 0.5) is 0 Å². The molecule has 1 aromatic rings. The third kappa shape index (κ3) is 4.32. The van der Waals surface area contributed by atoms with Crippen molar-refractivity contribution in [1.29, 1.82) is 0 Å². The van der Waals surface area contributed by atoms with Gasteiger partial charge in [0.05, 0.1) is 6.20 Å². The molecule has 0 spiro atoms. The van der Waals surface area contributed by atoms with Crippen molar-refractivity contribution in [3.8, 4) is 0 Å². The summed E-state index contributed by atoms with van der Waals surface area (Å²) in [5.41, 5.74) is 2.57. The summed E-state index contributed by atoms with van der Waals surface area (Å²) in [7, 11) is 4.29. The van der Waals surface area contributed by atoms with E-state index in [0.29, 0.717) is 0 Å². The Morgan fingerprint density at radius 2 is 2.10 bits per heavy atom. The fourth-order valence-electron chi connectivity index (χ4n) is 3.10. The van der Waals surface area contributed by atoms with E-state index in [1.807, 2.05) is 17.9 Å². The summed E-state index contributed by atoms with van der Waals surface area (Å²) in [4.78, 5) is 2.57. The minimum absolute atomic E-state index is 0.837. The largest absolute Gasteiger partial charge is 0.312 e. The summed E-state index contributed by atoms with van der Waals surface area (Å²) >= 11 is 0. The zero-order valence-corrected chi connectivity index (χ0v) is 13.4. The maximum atomic E-state index is 4.27. The Balaban J connectivity index is 1.58. The molecule has 0 bridgehead atoms. The van der Waals surface area contributed by atoms with Crippen LogP contribution in [0.5, 0.6) is 0 Å². The van der Waals surface area contributed by atoms with Crippen molar-refractivity contribution < 1.29 is 0 Å². The first-order chi connectivity index (χ1) is 9.68. The molecule has 0 saturated heterocycles. The van der Waals surface area contributed by atoms with Gasteiger partial charge < -0.3 is 10.2 Å². The van der Waals surface area contributed by atoms with Gasteiger partial charge in [0.1, 0.15) is 0 Å². The van der Waals surface area contributed by atoms with Crippen LogP contribution in [0.25, 0.3) is 0 Å². The van der Waals surface area contributed by atoms with Gasteiger partial charge in [0.15, 0.2) is 0 Å². The summed E-state index contributed by atoms with van der Waals surface area (Å²) < 4.78 is 1.94. The minimum Gasteiger partial charge on any atom is -0.312 e. The van der Waals surface area contributed by atoms with Gasteiger partial charge in [0.25, 0.3) is 0 Å². The molecule has 0 amide bonds. The molecule has 0 aliphatic heterocycles. The van der Waals surface area contributed by atoms with Crippen LogP contribution in [0, 0.1) is 6.92 Å². The maximum Gasteiger partial charge on any atom is 0.0537 e. The quantitative estimate of drug-likeness (QED) is 0.778. The van der Waals surface area contributed by atoms with Crippen molar-refractivity contribution in [1.82, 2.24) is 20.0 Å². The Bertz CT molecular complexity index is 393. The smallest absolute Gasteiger partial charge is 0.0537 e. The number of hydrogen-bond donors (Lipinski definition) is 1. The fourth-order valence-corrected chi connectivity index (χ4v) is 3.10. The van der Waals surface area contributed by atoms with E-state index in [9.17, 15) is 0 Å². The van der Waals surface area contributed by atoms with Crippen LogP contribution in [-0.2, 0) is 13.6 Å². The lowest BCUT2D eigenvalue weighted by atomic mass is 9.94. The molecule has 114 valence electrons. The topological polar surface area (TPSA) is 33.1 Å². The number of nitrogens with zero attached hydrogens (tertiary/aromatic N) is 3. The van der Waals surface area contributed by atoms with E-state index < -0.39 is 0 Å². The molecule has 0 unspecified atom stereocenters. The molecule has 1 fully saturated rings. The number of rotatable bonds is 7. The SMILES string of the molecule is Cc1c(CNCCCN(C)C2CCCCC2)cnn1C. The second kappa shape index (κ2) is 7.79. The van der Waals surface area contributed by atoms with Crippen molar-refractivity contribution >= 4 is 0 Å². The van der Waals surface area contributed by atoms with Gasteiger partial charge in [-0.15, -0.1) is 0 Å². The van der Waals surface area contributed by atoms with Crippen LogP contribution in [0.15, 0.2) is 6.20 Å². The molecule has 1 aliphatic carbocycles. The van der Waals surface area contributed by atoms with Crippen molar-refractivity contribution in [2.24, 2.45) is 7.05 Å². The second-order valence-corrected chi connectivity index (χ2v) is 6.18. The first-order valence-electron chi connectivity index (χ1n) is 8.07. The van der Waals surface area contributed by atoms with E-state index in [4.69, 9.17) is 0 Å².